The Morgan fingerprint density at radius 2 is 1.14 bits per heavy atom. The van der Waals surface area contributed by atoms with Gasteiger partial charge in [-0.25, -0.2) is 19.6 Å². The highest BCUT2D eigenvalue weighted by Crippen LogP contribution is 2.03. The van der Waals surface area contributed by atoms with Gasteiger partial charge in [0.15, 0.2) is 0 Å². The molecule has 0 amide bonds. The van der Waals surface area contributed by atoms with Gasteiger partial charge in [-0.1, -0.05) is 0 Å². The van der Waals surface area contributed by atoms with Crippen LogP contribution in [-0.4, -0.2) is 50.4 Å². The van der Waals surface area contributed by atoms with Gasteiger partial charge in [0, 0.05) is 25.7 Å². The molecule has 22 heavy (non-hydrogen) atoms. The number of hydrogen-bond acceptors (Lipinski definition) is 8. The minimum atomic E-state index is -0.338. The Bertz CT molecular complexity index is 385. The molecule has 0 bridgehead atoms. The lowest BCUT2D eigenvalue weighted by Gasteiger charge is -2.04. The smallest absolute Gasteiger partial charge is 0.305 e. The van der Waals surface area contributed by atoms with Crippen LogP contribution < -0.4 is 0 Å². The fraction of sp³-hybridized carbons (Fsp3) is 0.714. The maximum atomic E-state index is 11.3. The van der Waals surface area contributed by atoms with E-state index in [0.717, 1.165) is 0 Å². The quantitative estimate of drug-likeness (QED) is 0.218. The highest BCUT2D eigenvalue weighted by molar-refractivity contribution is 5.70. The van der Waals surface area contributed by atoms with E-state index in [1.165, 1.54) is 12.2 Å². The molecule has 0 aromatic carbocycles. The first-order valence-electron chi connectivity index (χ1n) is 7.09. The zero-order valence-corrected chi connectivity index (χ0v) is 12.4. The number of esters is 2. The van der Waals surface area contributed by atoms with Crippen LogP contribution in [0.2, 0.25) is 0 Å². The first-order chi connectivity index (χ1) is 10.7. The molecule has 8 nitrogen and oxygen atoms in total. The molecule has 0 N–H and O–H groups in total. The van der Waals surface area contributed by atoms with Gasteiger partial charge < -0.3 is 9.47 Å². The second-order valence-corrected chi connectivity index (χ2v) is 4.30. The van der Waals surface area contributed by atoms with Crippen molar-refractivity contribution in [1.82, 2.24) is 0 Å². The van der Waals surface area contributed by atoms with Gasteiger partial charge in [-0.3, -0.25) is 9.59 Å². The number of unbranched alkanes of at least 4 members (excludes halogenated alkanes) is 1. The van der Waals surface area contributed by atoms with E-state index in [1.807, 2.05) is 0 Å². The van der Waals surface area contributed by atoms with Crippen LogP contribution in [0.5, 0.6) is 0 Å². The van der Waals surface area contributed by atoms with Gasteiger partial charge in [0.05, 0.1) is 26.3 Å². The lowest BCUT2D eigenvalue weighted by atomic mass is 10.2. The molecule has 0 atom stereocenters. The topological polar surface area (TPSA) is 111 Å². The summed E-state index contributed by atoms with van der Waals surface area (Å²) in [4.78, 5) is 48.8. The average Bonchev–Trinajstić information content (AvgIpc) is 2.51. The van der Waals surface area contributed by atoms with Gasteiger partial charge in [0.1, 0.15) is 0 Å². The number of isocyanates is 2. The van der Waals surface area contributed by atoms with E-state index in [1.54, 1.807) is 0 Å². The minimum Gasteiger partial charge on any atom is -0.466 e. The van der Waals surface area contributed by atoms with Crippen molar-refractivity contribution < 1.29 is 28.7 Å². The van der Waals surface area contributed by atoms with Crippen LogP contribution in [0.4, 0.5) is 0 Å². The molecule has 0 spiro atoms. The second kappa shape index (κ2) is 15.1. The minimum absolute atomic E-state index is 0.218. The number of carbonyl (C=O) groups is 2. The number of nitrogens with zero attached hydrogens (tertiary/aromatic N) is 2. The molecule has 0 heterocycles. The lowest BCUT2D eigenvalue weighted by Crippen LogP contribution is -2.08. The first kappa shape index (κ1) is 19.7. The van der Waals surface area contributed by atoms with E-state index in [-0.39, 0.29) is 38.0 Å². The normalized spacial score (nSPS) is 9.27. The third kappa shape index (κ3) is 14.1. The Morgan fingerprint density at radius 3 is 1.50 bits per heavy atom. The fourth-order valence-corrected chi connectivity index (χ4v) is 1.43. The third-order valence-corrected chi connectivity index (χ3v) is 2.50. The summed E-state index contributed by atoms with van der Waals surface area (Å²) in [5.74, 6) is -0.676. The number of hydrogen-bond donors (Lipinski definition) is 0. The van der Waals surface area contributed by atoms with Crippen LogP contribution in [0.1, 0.15) is 38.5 Å². The summed E-state index contributed by atoms with van der Waals surface area (Å²) < 4.78 is 9.82. The molecule has 0 rings (SSSR count). The van der Waals surface area contributed by atoms with Crippen molar-refractivity contribution in [2.24, 2.45) is 9.98 Å². The molecular formula is C14H20N2O6. The summed E-state index contributed by atoms with van der Waals surface area (Å²) in [5, 5.41) is 0. The van der Waals surface area contributed by atoms with E-state index < -0.39 is 0 Å². The number of rotatable bonds is 13. The van der Waals surface area contributed by atoms with Gasteiger partial charge >= 0.3 is 11.9 Å². The molecule has 0 aliphatic rings. The summed E-state index contributed by atoms with van der Waals surface area (Å²) in [6.45, 7) is 1.02. The lowest BCUT2D eigenvalue weighted by molar-refractivity contribution is -0.146. The van der Waals surface area contributed by atoms with Gasteiger partial charge in [-0.05, 0) is 12.8 Å². The van der Waals surface area contributed by atoms with Gasteiger partial charge in [-0.2, -0.15) is 0 Å². The molecule has 0 saturated carbocycles. The monoisotopic (exact) mass is 312 g/mol. The first-order valence-corrected chi connectivity index (χ1v) is 7.09. The van der Waals surface area contributed by atoms with Crippen molar-refractivity contribution in [2.75, 3.05) is 26.3 Å². The summed E-state index contributed by atoms with van der Waals surface area (Å²) >= 11 is 0. The Kier molecular flexibility index (Phi) is 13.5. The molecule has 0 aromatic rings. The Balaban J connectivity index is 3.42. The van der Waals surface area contributed by atoms with Crippen molar-refractivity contribution in [1.29, 1.82) is 0 Å². The molecular weight excluding hydrogens is 292 g/mol. The van der Waals surface area contributed by atoms with E-state index in [2.05, 4.69) is 9.98 Å². The third-order valence-electron chi connectivity index (χ3n) is 2.50. The van der Waals surface area contributed by atoms with E-state index in [9.17, 15) is 19.2 Å². The summed E-state index contributed by atoms with van der Waals surface area (Å²) in [7, 11) is 0. The maximum Gasteiger partial charge on any atom is 0.305 e. The molecule has 0 aliphatic carbocycles. The highest BCUT2D eigenvalue weighted by atomic mass is 16.5. The Hall–Kier alpha value is -2.30. The van der Waals surface area contributed by atoms with Crippen molar-refractivity contribution in [3.05, 3.63) is 0 Å². The zero-order chi connectivity index (χ0) is 16.5. The summed E-state index contributed by atoms with van der Waals surface area (Å²) in [6, 6.07) is 0. The summed E-state index contributed by atoms with van der Waals surface area (Å²) in [6.07, 6.45) is 5.32. The fourth-order valence-electron chi connectivity index (χ4n) is 1.43. The molecule has 0 aromatic heterocycles. The van der Waals surface area contributed by atoms with Crippen LogP contribution in [0.15, 0.2) is 9.98 Å². The number of carbonyl (C=O) groups excluding carboxylic acids is 4. The van der Waals surface area contributed by atoms with Crippen molar-refractivity contribution >= 4 is 24.1 Å². The molecule has 0 aliphatic heterocycles. The molecule has 0 saturated heterocycles. The molecule has 0 fully saturated rings. The van der Waals surface area contributed by atoms with E-state index >= 15 is 0 Å². The van der Waals surface area contributed by atoms with Gasteiger partial charge in [0.2, 0.25) is 12.2 Å². The van der Waals surface area contributed by atoms with Crippen LogP contribution in [0, 0.1) is 0 Å². The number of ether oxygens (including phenoxy) is 2. The van der Waals surface area contributed by atoms with Crippen LogP contribution in [0.3, 0.4) is 0 Å². The van der Waals surface area contributed by atoms with E-state index in [0.29, 0.717) is 38.8 Å². The molecule has 8 heteroatoms. The largest absolute Gasteiger partial charge is 0.466 e. The Labute approximate surface area is 128 Å². The highest BCUT2D eigenvalue weighted by Gasteiger charge is 2.06. The van der Waals surface area contributed by atoms with E-state index in [4.69, 9.17) is 9.47 Å². The predicted octanol–water partition coefficient (Wildman–Crippen LogP) is 1.08. The summed E-state index contributed by atoms with van der Waals surface area (Å²) in [5.41, 5.74) is 0. The van der Waals surface area contributed by atoms with Gasteiger partial charge in [0.25, 0.3) is 0 Å². The van der Waals surface area contributed by atoms with Crippen LogP contribution >= 0.6 is 0 Å². The Morgan fingerprint density at radius 1 is 0.727 bits per heavy atom. The standard InChI is InChI=1S/C14H20N2O6/c17-11-15-7-3-9-21-13(19)5-1-2-6-14(20)22-10-4-8-16-12-18/h1-10H2. The maximum absolute atomic E-state index is 11.3. The second-order valence-electron chi connectivity index (χ2n) is 4.30. The zero-order valence-electron chi connectivity index (χ0n) is 12.4. The average molecular weight is 312 g/mol. The molecule has 122 valence electrons. The molecule has 0 unspecified atom stereocenters. The molecule has 0 radical (unpaired) electrons. The van der Waals surface area contributed by atoms with Gasteiger partial charge in [-0.15, -0.1) is 0 Å². The van der Waals surface area contributed by atoms with Crippen LogP contribution in [0.25, 0.3) is 0 Å². The van der Waals surface area contributed by atoms with Crippen LogP contribution in [-0.2, 0) is 28.7 Å². The SMILES string of the molecule is O=C=NCCCOC(=O)CCCCC(=O)OCCCN=C=O. The number of aliphatic imine (C=N–C) groups is 2. The predicted molar refractivity (Wildman–Crippen MR) is 75.6 cm³/mol. The van der Waals surface area contributed by atoms with Crippen molar-refractivity contribution in [3.8, 4) is 0 Å². The van der Waals surface area contributed by atoms with Crippen molar-refractivity contribution in [2.45, 2.75) is 38.5 Å². The van der Waals surface area contributed by atoms with Crippen molar-refractivity contribution in [3.63, 3.8) is 0 Å².